The Morgan fingerprint density at radius 2 is 2.00 bits per heavy atom. The molecule has 0 amide bonds. The Hall–Kier alpha value is -1.22. The average molecular weight is 193 g/mol. The zero-order chi connectivity index (χ0) is 9.97. The third-order valence-corrected chi connectivity index (χ3v) is 2.50. The molecule has 2 rings (SSSR count). The highest BCUT2D eigenvalue weighted by Crippen LogP contribution is 2.20. The number of rotatable bonds is 1. The first kappa shape index (κ1) is 9.34. The third kappa shape index (κ3) is 1.99. The summed E-state index contributed by atoms with van der Waals surface area (Å²) in [6, 6.07) is 6.38. The molecule has 3 heteroatoms. The topological polar surface area (TPSA) is 29.1 Å². The molecule has 1 aliphatic heterocycles. The lowest BCUT2D eigenvalue weighted by Gasteiger charge is -2.22. The number of nitrogens with one attached hydrogen (secondary N) is 1. The van der Waals surface area contributed by atoms with Gasteiger partial charge in [-0.1, -0.05) is 12.1 Å². The molecule has 0 saturated carbocycles. The Kier molecular flexibility index (Phi) is 2.59. The van der Waals surface area contributed by atoms with Gasteiger partial charge in [0, 0.05) is 25.4 Å². The number of hydrogen-bond donors (Lipinski definition) is 1. The lowest BCUT2D eigenvalue weighted by molar-refractivity contribution is -0.120. The van der Waals surface area contributed by atoms with Gasteiger partial charge in [0.15, 0.2) is 0 Å². The molecular weight excluding hydrogens is 181 g/mol. The van der Waals surface area contributed by atoms with Crippen LogP contribution >= 0.6 is 0 Å². The molecule has 0 unspecified atom stereocenters. The SMILES string of the molecule is O=C1CCN[C@H](c2ccc(F)cc2)C1. The molecule has 0 aromatic heterocycles. The lowest BCUT2D eigenvalue weighted by atomic mass is 9.97. The van der Waals surface area contributed by atoms with Gasteiger partial charge in [-0.05, 0) is 17.7 Å². The van der Waals surface area contributed by atoms with E-state index in [1.165, 1.54) is 12.1 Å². The predicted octanol–water partition coefficient (Wildman–Crippen LogP) is 1.82. The van der Waals surface area contributed by atoms with Gasteiger partial charge in [0.2, 0.25) is 0 Å². The molecule has 2 nitrogen and oxygen atoms in total. The number of hydrogen-bond acceptors (Lipinski definition) is 2. The Balaban J connectivity index is 2.14. The van der Waals surface area contributed by atoms with Crippen LogP contribution in [0.5, 0.6) is 0 Å². The number of carbonyl (C=O) groups is 1. The van der Waals surface area contributed by atoms with Crippen molar-refractivity contribution in [3.63, 3.8) is 0 Å². The van der Waals surface area contributed by atoms with Gasteiger partial charge in [-0.3, -0.25) is 4.79 Å². The minimum absolute atomic E-state index is 0.0665. The maximum Gasteiger partial charge on any atom is 0.136 e. The van der Waals surface area contributed by atoms with E-state index in [4.69, 9.17) is 0 Å². The molecule has 0 aliphatic carbocycles. The summed E-state index contributed by atoms with van der Waals surface area (Å²) in [6.45, 7) is 0.723. The van der Waals surface area contributed by atoms with Crippen LogP contribution in [-0.2, 0) is 4.79 Å². The summed E-state index contributed by atoms with van der Waals surface area (Å²) in [5, 5.41) is 3.24. The molecule has 0 radical (unpaired) electrons. The molecule has 1 atom stereocenters. The van der Waals surface area contributed by atoms with Crippen molar-refractivity contribution in [2.45, 2.75) is 18.9 Å². The third-order valence-electron chi connectivity index (χ3n) is 2.50. The molecule has 0 spiro atoms. The second-order valence-corrected chi connectivity index (χ2v) is 3.55. The second kappa shape index (κ2) is 3.88. The molecule has 1 fully saturated rings. The first-order chi connectivity index (χ1) is 6.75. The fourth-order valence-corrected chi connectivity index (χ4v) is 1.72. The van der Waals surface area contributed by atoms with Gasteiger partial charge in [0.25, 0.3) is 0 Å². The minimum Gasteiger partial charge on any atom is -0.309 e. The Morgan fingerprint density at radius 1 is 1.29 bits per heavy atom. The standard InChI is InChI=1S/C11H12FNO/c12-9-3-1-8(2-4-9)11-7-10(14)5-6-13-11/h1-4,11,13H,5-7H2/t11-/m0/s1. The number of ketones is 1. The molecule has 1 N–H and O–H groups in total. The number of piperidine rings is 1. The summed E-state index contributed by atoms with van der Waals surface area (Å²) in [5.41, 5.74) is 0.986. The van der Waals surface area contributed by atoms with Crippen LogP contribution < -0.4 is 5.32 Å². The van der Waals surface area contributed by atoms with Crippen molar-refractivity contribution >= 4 is 5.78 Å². The van der Waals surface area contributed by atoms with Crippen LogP contribution in [0, 0.1) is 5.82 Å². The van der Waals surface area contributed by atoms with Crippen LogP contribution in [0.15, 0.2) is 24.3 Å². The van der Waals surface area contributed by atoms with E-state index >= 15 is 0 Å². The molecule has 1 heterocycles. The largest absolute Gasteiger partial charge is 0.309 e. The van der Waals surface area contributed by atoms with Gasteiger partial charge in [0.05, 0.1) is 0 Å². The van der Waals surface area contributed by atoms with Crippen molar-refractivity contribution in [2.24, 2.45) is 0 Å². The van der Waals surface area contributed by atoms with Crippen LogP contribution in [0.3, 0.4) is 0 Å². The van der Waals surface area contributed by atoms with Gasteiger partial charge in [-0.15, -0.1) is 0 Å². The van der Waals surface area contributed by atoms with E-state index < -0.39 is 0 Å². The van der Waals surface area contributed by atoms with Gasteiger partial charge < -0.3 is 5.32 Å². The highest BCUT2D eigenvalue weighted by molar-refractivity contribution is 5.80. The fraction of sp³-hybridized carbons (Fsp3) is 0.364. The zero-order valence-corrected chi connectivity index (χ0v) is 7.79. The molecule has 1 aromatic carbocycles. The molecule has 74 valence electrons. The van der Waals surface area contributed by atoms with E-state index in [-0.39, 0.29) is 17.6 Å². The number of benzene rings is 1. The van der Waals surface area contributed by atoms with Crippen molar-refractivity contribution in [1.29, 1.82) is 0 Å². The van der Waals surface area contributed by atoms with Crippen LogP contribution in [-0.4, -0.2) is 12.3 Å². The summed E-state index contributed by atoms with van der Waals surface area (Å²) >= 11 is 0. The van der Waals surface area contributed by atoms with Crippen LogP contribution in [0.4, 0.5) is 4.39 Å². The van der Waals surface area contributed by atoms with Crippen molar-refractivity contribution in [1.82, 2.24) is 5.32 Å². The van der Waals surface area contributed by atoms with E-state index in [2.05, 4.69) is 5.32 Å². The van der Waals surface area contributed by atoms with Crippen LogP contribution in [0.2, 0.25) is 0 Å². The maximum atomic E-state index is 12.6. The lowest BCUT2D eigenvalue weighted by Crippen LogP contribution is -2.31. The van der Waals surface area contributed by atoms with E-state index in [0.717, 1.165) is 12.1 Å². The van der Waals surface area contributed by atoms with Gasteiger partial charge >= 0.3 is 0 Å². The number of Topliss-reactive ketones (excluding diaryl/α,β-unsaturated/α-hetero) is 1. The Morgan fingerprint density at radius 3 is 2.64 bits per heavy atom. The predicted molar refractivity (Wildman–Crippen MR) is 51.4 cm³/mol. The van der Waals surface area contributed by atoms with Crippen LogP contribution in [0.1, 0.15) is 24.4 Å². The highest BCUT2D eigenvalue weighted by atomic mass is 19.1. The molecule has 14 heavy (non-hydrogen) atoms. The first-order valence-corrected chi connectivity index (χ1v) is 4.76. The normalized spacial score (nSPS) is 22.4. The highest BCUT2D eigenvalue weighted by Gasteiger charge is 2.19. The summed E-state index contributed by atoms with van der Waals surface area (Å²) in [7, 11) is 0. The van der Waals surface area contributed by atoms with Crippen molar-refractivity contribution in [2.75, 3.05) is 6.54 Å². The van der Waals surface area contributed by atoms with Gasteiger partial charge in [-0.25, -0.2) is 4.39 Å². The molecular formula is C11H12FNO. The molecule has 0 bridgehead atoms. The number of halogens is 1. The first-order valence-electron chi connectivity index (χ1n) is 4.76. The smallest absolute Gasteiger partial charge is 0.136 e. The Labute approximate surface area is 82.1 Å². The molecule has 1 aliphatic rings. The minimum atomic E-state index is -0.240. The number of carbonyl (C=O) groups excluding carboxylic acids is 1. The zero-order valence-electron chi connectivity index (χ0n) is 7.79. The fourth-order valence-electron chi connectivity index (χ4n) is 1.72. The Bertz CT molecular complexity index is 334. The van der Waals surface area contributed by atoms with Crippen molar-refractivity contribution < 1.29 is 9.18 Å². The van der Waals surface area contributed by atoms with Crippen molar-refractivity contribution in [3.05, 3.63) is 35.6 Å². The maximum absolute atomic E-state index is 12.6. The molecule has 1 aromatic rings. The monoisotopic (exact) mass is 193 g/mol. The average Bonchev–Trinajstić information content (AvgIpc) is 2.19. The van der Waals surface area contributed by atoms with Crippen LogP contribution in [0.25, 0.3) is 0 Å². The van der Waals surface area contributed by atoms with E-state index in [0.29, 0.717) is 12.8 Å². The second-order valence-electron chi connectivity index (χ2n) is 3.55. The van der Waals surface area contributed by atoms with E-state index in [9.17, 15) is 9.18 Å². The quantitative estimate of drug-likeness (QED) is 0.737. The summed E-state index contributed by atoms with van der Waals surface area (Å²) in [4.78, 5) is 11.2. The van der Waals surface area contributed by atoms with Gasteiger partial charge in [0.1, 0.15) is 11.6 Å². The summed E-state index contributed by atoms with van der Waals surface area (Å²) in [6.07, 6.45) is 1.13. The molecule has 1 saturated heterocycles. The summed E-state index contributed by atoms with van der Waals surface area (Å²) < 4.78 is 12.6. The van der Waals surface area contributed by atoms with E-state index in [1.807, 2.05) is 0 Å². The van der Waals surface area contributed by atoms with Crippen molar-refractivity contribution in [3.8, 4) is 0 Å². The summed E-state index contributed by atoms with van der Waals surface area (Å²) in [5.74, 6) is 0.0361. The van der Waals surface area contributed by atoms with Gasteiger partial charge in [-0.2, -0.15) is 0 Å². The van der Waals surface area contributed by atoms with E-state index in [1.54, 1.807) is 12.1 Å².